The Balaban J connectivity index is 1.70. The summed E-state index contributed by atoms with van der Waals surface area (Å²) in [6.45, 7) is 2.08. The molecule has 4 rings (SSSR count). The number of anilines is 2. The molecule has 0 radical (unpaired) electrons. The number of aryl methyl sites for hydroxylation is 1. The van der Waals surface area contributed by atoms with Crippen LogP contribution in [0.1, 0.15) is 11.4 Å². The Hall–Kier alpha value is -3.39. The molecule has 0 atom stereocenters. The molecule has 4 aromatic rings. The first-order valence-electron chi connectivity index (χ1n) is 9.52. The van der Waals surface area contributed by atoms with Crippen molar-refractivity contribution in [3.8, 4) is 16.9 Å². The van der Waals surface area contributed by atoms with E-state index in [2.05, 4.69) is 62.8 Å². The third kappa shape index (κ3) is 4.28. The van der Waals surface area contributed by atoms with Crippen LogP contribution >= 0.6 is 11.8 Å². The highest BCUT2D eigenvalue weighted by Gasteiger charge is 2.15. The van der Waals surface area contributed by atoms with Gasteiger partial charge in [-0.2, -0.15) is 15.0 Å². The van der Waals surface area contributed by atoms with E-state index in [1.807, 2.05) is 43.4 Å². The lowest BCUT2D eigenvalue weighted by Gasteiger charge is -2.13. The van der Waals surface area contributed by atoms with E-state index >= 15 is 0 Å². The highest BCUT2D eigenvalue weighted by molar-refractivity contribution is 7.98. The number of nitrogens with zero attached hydrogens (tertiary/aromatic N) is 6. The van der Waals surface area contributed by atoms with Crippen LogP contribution in [0.15, 0.2) is 66.0 Å². The second-order valence-electron chi connectivity index (χ2n) is 7.06. The van der Waals surface area contributed by atoms with Crippen molar-refractivity contribution >= 4 is 23.7 Å². The zero-order valence-electron chi connectivity index (χ0n) is 17.1. The van der Waals surface area contributed by atoms with Crippen LogP contribution in [0.25, 0.3) is 16.9 Å². The molecule has 152 valence electrons. The summed E-state index contributed by atoms with van der Waals surface area (Å²) < 4.78 is 2.16. The third-order valence-electron chi connectivity index (χ3n) is 4.51. The minimum absolute atomic E-state index is 0.219. The second kappa shape index (κ2) is 8.54. The smallest absolute Gasteiger partial charge is 0.229 e. The Morgan fingerprint density at radius 2 is 1.70 bits per heavy atom. The quantitative estimate of drug-likeness (QED) is 0.475. The van der Waals surface area contributed by atoms with Crippen LogP contribution in [0.2, 0.25) is 0 Å². The van der Waals surface area contributed by atoms with Gasteiger partial charge in [0.1, 0.15) is 5.82 Å². The van der Waals surface area contributed by atoms with Crippen molar-refractivity contribution in [2.75, 3.05) is 24.7 Å². The molecule has 2 aromatic heterocycles. The minimum atomic E-state index is 0.219. The maximum Gasteiger partial charge on any atom is 0.229 e. The maximum absolute atomic E-state index is 5.86. The van der Waals surface area contributed by atoms with Crippen molar-refractivity contribution in [1.29, 1.82) is 0 Å². The number of rotatable bonds is 6. The molecule has 0 aliphatic heterocycles. The lowest BCUT2D eigenvalue weighted by atomic mass is 10.1. The van der Waals surface area contributed by atoms with E-state index in [-0.39, 0.29) is 5.95 Å². The molecular weight excluding hydrogens is 394 g/mol. The predicted octanol–water partition coefficient (Wildman–Crippen LogP) is 3.97. The van der Waals surface area contributed by atoms with Gasteiger partial charge in [-0.05, 0) is 19.1 Å². The summed E-state index contributed by atoms with van der Waals surface area (Å²) in [5.74, 6) is 1.92. The average molecular weight is 418 g/mol. The fourth-order valence-corrected chi connectivity index (χ4v) is 3.86. The molecule has 0 fully saturated rings. The molecule has 2 aromatic carbocycles. The number of aromatic nitrogens is 5. The van der Waals surface area contributed by atoms with Gasteiger partial charge in [0.25, 0.3) is 0 Å². The maximum atomic E-state index is 5.86. The van der Waals surface area contributed by atoms with E-state index in [1.165, 1.54) is 5.56 Å². The zero-order chi connectivity index (χ0) is 21.1. The third-order valence-corrected chi connectivity index (χ3v) is 5.46. The number of imidazole rings is 1. The van der Waals surface area contributed by atoms with Gasteiger partial charge >= 0.3 is 0 Å². The van der Waals surface area contributed by atoms with Gasteiger partial charge in [0.2, 0.25) is 11.9 Å². The van der Waals surface area contributed by atoms with Crippen LogP contribution in [0, 0.1) is 6.92 Å². The van der Waals surface area contributed by atoms with E-state index in [0.29, 0.717) is 17.5 Å². The lowest BCUT2D eigenvalue weighted by Crippen LogP contribution is -2.16. The largest absolute Gasteiger partial charge is 0.368 e. The molecule has 0 aliphatic rings. The molecule has 0 spiro atoms. The summed E-state index contributed by atoms with van der Waals surface area (Å²) in [6, 6.07) is 18.7. The first-order chi connectivity index (χ1) is 14.5. The van der Waals surface area contributed by atoms with E-state index in [1.54, 1.807) is 11.8 Å². The molecule has 2 heterocycles. The van der Waals surface area contributed by atoms with Crippen molar-refractivity contribution in [2.45, 2.75) is 17.8 Å². The van der Waals surface area contributed by atoms with Crippen LogP contribution in [0.4, 0.5) is 11.9 Å². The van der Waals surface area contributed by atoms with Crippen molar-refractivity contribution in [2.24, 2.45) is 0 Å². The van der Waals surface area contributed by atoms with Gasteiger partial charge in [0, 0.05) is 25.3 Å². The van der Waals surface area contributed by atoms with Crippen molar-refractivity contribution in [1.82, 2.24) is 24.5 Å². The molecule has 0 saturated heterocycles. The highest BCUT2D eigenvalue weighted by Crippen LogP contribution is 2.31. The Morgan fingerprint density at radius 3 is 2.40 bits per heavy atom. The number of nitrogens with two attached hydrogens (primary N) is 1. The topological polar surface area (TPSA) is 85.8 Å². The SMILES string of the molecule is Cc1ccc(-n2c(-c3ccccc3)cnc2SCc2nc(N)nc(N(C)C)n2)cc1. The summed E-state index contributed by atoms with van der Waals surface area (Å²) in [5.41, 5.74) is 10.3. The number of nitrogen functional groups attached to an aromatic ring is 1. The highest BCUT2D eigenvalue weighted by atomic mass is 32.2. The van der Waals surface area contributed by atoms with E-state index in [4.69, 9.17) is 10.7 Å². The molecule has 30 heavy (non-hydrogen) atoms. The zero-order valence-corrected chi connectivity index (χ0v) is 18.0. The summed E-state index contributed by atoms with van der Waals surface area (Å²) in [5, 5.41) is 0.864. The van der Waals surface area contributed by atoms with Gasteiger partial charge in [0.05, 0.1) is 17.6 Å². The summed E-state index contributed by atoms with van der Waals surface area (Å²) in [7, 11) is 3.75. The van der Waals surface area contributed by atoms with Crippen molar-refractivity contribution < 1.29 is 0 Å². The van der Waals surface area contributed by atoms with Gasteiger partial charge in [-0.25, -0.2) is 4.98 Å². The van der Waals surface area contributed by atoms with Crippen LogP contribution in [-0.2, 0) is 5.75 Å². The normalized spacial score (nSPS) is 10.9. The Labute approximate surface area is 180 Å². The Morgan fingerprint density at radius 1 is 0.967 bits per heavy atom. The van der Waals surface area contributed by atoms with Gasteiger partial charge in [-0.3, -0.25) is 4.57 Å². The van der Waals surface area contributed by atoms with E-state index in [0.717, 1.165) is 22.1 Å². The second-order valence-corrected chi connectivity index (χ2v) is 8.00. The van der Waals surface area contributed by atoms with Crippen LogP contribution in [-0.4, -0.2) is 38.6 Å². The molecule has 8 heteroatoms. The van der Waals surface area contributed by atoms with Gasteiger partial charge < -0.3 is 10.6 Å². The number of hydrogen-bond acceptors (Lipinski definition) is 7. The molecule has 2 N–H and O–H groups in total. The van der Waals surface area contributed by atoms with Crippen LogP contribution in [0.5, 0.6) is 0 Å². The van der Waals surface area contributed by atoms with Gasteiger partial charge in [-0.1, -0.05) is 59.8 Å². The average Bonchev–Trinajstić information content (AvgIpc) is 3.17. The fourth-order valence-electron chi connectivity index (χ4n) is 3.01. The molecule has 0 unspecified atom stereocenters. The molecule has 0 aliphatic carbocycles. The summed E-state index contributed by atoms with van der Waals surface area (Å²) in [4.78, 5) is 19.4. The Kier molecular flexibility index (Phi) is 5.67. The van der Waals surface area contributed by atoms with Gasteiger partial charge in [0.15, 0.2) is 5.16 Å². The first-order valence-corrected chi connectivity index (χ1v) is 10.5. The fraction of sp³-hybridized carbons (Fsp3) is 0.182. The molecule has 0 bridgehead atoms. The standard InChI is InChI=1S/C22H23N7S/c1-15-9-11-17(12-10-15)29-18(16-7-5-4-6-8-16)13-24-22(29)30-14-19-25-20(23)27-21(26-19)28(2)3/h4-13H,14H2,1-3H3,(H2,23,25,26,27). The number of hydrogen-bond donors (Lipinski definition) is 1. The van der Waals surface area contributed by atoms with E-state index < -0.39 is 0 Å². The molecular formula is C22H23N7S. The predicted molar refractivity (Wildman–Crippen MR) is 122 cm³/mol. The Bertz CT molecular complexity index is 1140. The van der Waals surface area contributed by atoms with Crippen LogP contribution < -0.4 is 10.6 Å². The molecule has 0 amide bonds. The van der Waals surface area contributed by atoms with Crippen LogP contribution in [0.3, 0.4) is 0 Å². The summed E-state index contributed by atoms with van der Waals surface area (Å²) in [6.07, 6.45) is 1.91. The van der Waals surface area contributed by atoms with E-state index in [9.17, 15) is 0 Å². The molecule has 7 nitrogen and oxygen atoms in total. The van der Waals surface area contributed by atoms with Gasteiger partial charge in [-0.15, -0.1) is 0 Å². The number of thioether (sulfide) groups is 1. The monoisotopic (exact) mass is 417 g/mol. The lowest BCUT2D eigenvalue weighted by molar-refractivity contribution is 0.889. The van der Waals surface area contributed by atoms with Crippen molar-refractivity contribution in [3.05, 3.63) is 72.2 Å². The minimum Gasteiger partial charge on any atom is -0.368 e. The summed E-state index contributed by atoms with van der Waals surface area (Å²) >= 11 is 1.57. The molecule has 0 saturated carbocycles. The van der Waals surface area contributed by atoms with Crippen molar-refractivity contribution in [3.63, 3.8) is 0 Å². The first kappa shape index (κ1) is 19.9. The number of benzene rings is 2.